The van der Waals surface area contributed by atoms with Crippen LogP contribution in [0.15, 0.2) is 71.8 Å². The van der Waals surface area contributed by atoms with Crippen molar-refractivity contribution in [3.05, 3.63) is 94.2 Å². The number of H-pyrrole nitrogens is 1. The topological polar surface area (TPSA) is 246 Å². The van der Waals surface area contributed by atoms with Gasteiger partial charge in [-0.25, -0.2) is 14.6 Å². The molecule has 6 amide bonds. The number of hydrogen-bond acceptors (Lipinski definition) is 11. The van der Waals surface area contributed by atoms with Gasteiger partial charge in [-0.15, -0.1) is 0 Å². The monoisotopic (exact) mass is 1020 g/mol. The molecule has 2 aliphatic carbocycles. The molecule has 20 heteroatoms. The molecule has 0 radical (unpaired) electrons. The Bertz CT molecular complexity index is 3560. The molecule has 75 heavy (non-hydrogen) atoms. The number of rotatable bonds is 12. The number of carbonyl (C=O) groups is 6. The third-order valence-corrected chi connectivity index (χ3v) is 15.8. The Morgan fingerprint density at radius 3 is 2.44 bits per heavy atom. The van der Waals surface area contributed by atoms with Gasteiger partial charge in [0, 0.05) is 78.4 Å². The van der Waals surface area contributed by atoms with E-state index < -0.39 is 18.0 Å². The lowest BCUT2D eigenvalue weighted by atomic mass is 9.81. The second kappa shape index (κ2) is 19.5. The Balaban J connectivity index is 0.813. The zero-order chi connectivity index (χ0) is 52.4. The molecule has 4 aliphatic rings. The highest BCUT2D eigenvalue weighted by atomic mass is 16.5. The largest absolute Gasteiger partial charge is 0.496 e. The molecule has 20 nitrogen and oxygen atoms in total. The SMILES string of the molecule is COC(=O)N[C@@H]1CC[C@@H](n2c(=O)n(C)c3cnc4[nH]c(-c5ccc(C(=O)NCC6CCC(C(=O)Nc7ccc8c(c7)CN(C7CCC(=O)NC7=O)C8=O)CC6)c(OC)c5)c(-c5ccc6c(cnn6C(C)C)c5)c4c32)C1. The fourth-order valence-corrected chi connectivity index (χ4v) is 11.9. The van der Waals surface area contributed by atoms with Gasteiger partial charge in [-0.1, -0.05) is 12.1 Å². The molecular formula is C55H59N11O9. The van der Waals surface area contributed by atoms with Gasteiger partial charge in [0.1, 0.15) is 17.4 Å². The van der Waals surface area contributed by atoms with Crippen LogP contribution in [0.4, 0.5) is 10.5 Å². The van der Waals surface area contributed by atoms with E-state index in [9.17, 15) is 33.6 Å². The summed E-state index contributed by atoms with van der Waals surface area (Å²) < 4.78 is 16.3. The first-order chi connectivity index (χ1) is 36.2. The number of nitrogens with one attached hydrogen (secondary N) is 5. The molecule has 3 aromatic carbocycles. The third-order valence-electron chi connectivity index (χ3n) is 15.8. The first-order valence-electron chi connectivity index (χ1n) is 25.7. The van der Waals surface area contributed by atoms with Crippen molar-refractivity contribution < 1.29 is 38.2 Å². The van der Waals surface area contributed by atoms with Crippen LogP contribution < -0.4 is 31.7 Å². The number of pyridine rings is 1. The fraction of sp³-hybridized carbons (Fsp3) is 0.400. The number of methoxy groups -OCH3 is 2. The van der Waals surface area contributed by atoms with Crippen LogP contribution in [-0.4, -0.2) is 102 Å². The van der Waals surface area contributed by atoms with E-state index in [2.05, 4.69) is 63.4 Å². The number of hydrogen-bond donors (Lipinski definition) is 5. The molecule has 6 heterocycles. The Labute approximate surface area is 430 Å². The maximum atomic E-state index is 14.3. The van der Waals surface area contributed by atoms with Crippen LogP contribution in [0.5, 0.6) is 5.75 Å². The van der Waals surface area contributed by atoms with Crippen LogP contribution in [0.25, 0.3) is 55.4 Å². The predicted octanol–water partition coefficient (Wildman–Crippen LogP) is 6.88. The smallest absolute Gasteiger partial charge is 0.407 e. The van der Waals surface area contributed by atoms with Gasteiger partial charge in [-0.2, -0.15) is 5.10 Å². The summed E-state index contributed by atoms with van der Waals surface area (Å²) in [6.07, 6.45) is 8.17. The number of amides is 6. The molecule has 2 saturated carbocycles. The summed E-state index contributed by atoms with van der Waals surface area (Å²) in [5.74, 6) is -1.18. The van der Waals surface area contributed by atoms with Crippen molar-refractivity contribution in [2.24, 2.45) is 18.9 Å². The van der Waals surface area contributed by atoms with Crippen LogP contribution in [0.3, 0.4) is 0 Å². The quantitative estimate of drug-likeness (QED) is 0.0790. The summed E-state index contributed by atoms with van der Waals surface area (Å²) >= 11 is 0. The van der Waals surface area contributed by atoms with Crippen molar-refractivity contribution in [3.63, 3.8) is 0 Å². The van der Waals surface area contributed by atoms with Gasteiger partial charge in [0.15, 0.2) is 0 Å². The number of aromatic amines is 1. The average Bonchev–Trinajstić information content (AvgIpc) is 4.25. The van der Waals surface area contributed by atoms with E-state index in [1.165, 1.54) is 19.1 Å². The fourth-order valence-electron chi connectivity index (χ4n) is 11.9. The van der Waals surface area contributed by atoms with Gasteiger partial charge in [-0.05, 0) is 125 Å². The number of aryl methyl sites for hydroxylation is 1. The van der Waals surface area contributed by atoms with Gasteiger partial charge in [0.05, 0.1) is 59.8 Å². The van der Waals surface area contributed by atoms with E-state index in [-0.39, 0.29) is 78.7 Å². The molecule has 5 N–H and O–H groups in total. The summed E-state index contributed by atoms with van der Waals surface area (Å²) in [7, 11) is 4.62. The van der Waals surface area contributed by atoms with Crippen molar-refractivity contribution in [3.8, 4) is 28.1 Å². The Morgan fingerprint density at radius 2 is 1.68 bits per heavy atom. The number of piperidine rings is 1. The number of nitrogens with zero attached hydrogens (tertiary/aromatic N) is 6. The summed E-state index contributed by atoms with van der Waals surface area (Å²) in [5.41, 5.74) is 8.01. The number of benzene rings is 3. The van der Waals surface area contributed by atoms with Gasteiger partial charge in [0.25, 0.3) is 11.8 Å². The van der Waals surface area contributed by atoms with Gasteiger partial charge in [-0.3, -0.25) is 43.1 Å². The maximum absolute atomic E-state index is 14.3. The molecule has 2 aliphatic heterocycles. The molecule has 3 atom stereocenters. The Kier molecular flexibility index (Phi) is 12.7. The molecule has 0 bridgehead atoms. The Hall–Kier alpha value is -8.29. The molecule has 11 rings (SSSR count). The van der Waals surface area contributed by atoms with E-state index in [1.807, 2.05) is 27.6 Å². The second-order valence-corrected chi connectivity index (χ2v) is 20.7. The Morgan fingerprint density at radius 1 is 0.880 bits per heavy atom. The molecular weight excluding hydrogens is 959 g/mol. The van der Waals surface area contributed by atoms with Crippen LogP contribution in [0, 0.1) is 11.8 Å². The van der Waals surface area contributed by atoms with Crippen LogP contribution in [-0.2, 0) is 32.7 Å². The van der Waals surface area contributed by atoms with Crippen LogP contribution in [0.2, 0.25) is 0 Å². The van der Waals surface area contributed by atoms with Crippen LogP contribution >= 0.6 is 0 Å². The molecule has 7 aromatic rings. The van der Waals surface area contributed by atoms with Crippen molar-refractivity contribution in [2.75, 3.05) is 26.1 Å². The normalized spacial score (nSPS) is 20.7. The third kappa shape index (κ3) is 8.84. The number of carbonyl (C=O) groups excluding carboxylic acids is 6. The zero-order valence-corrected chi connectivity index (χ0v) is 42.5. The van der Waals surface area contributed by atoms with E-state index in [0.29, 0.717) is 83.6 Å². The minimum absolute atomic E-state index is 0.107. The molecule has 1 saturated heterocycles. The van der Waals surface area contributed by atoms with E-state index in [4.69, 9.17) is 14.5 Å². The van der Waals surface area contributed by atoms with Crippen molar-refractivity contribution in [1.82, 2.24) is 49.7 Å². The highest BCUT2D eigenvalue weighted by Crippen LogP contribution is 2.44. The number of alkyl carbamates (subject to hydrolysis) is 1. The highest BCUT2D eigenvalue weighted by Gasteiger charge is 2.40. The summed E-state index contributed by atoms with van der Waals surface area (Å²) in [4.78, 5) is 101. The molecule has 388 valence electrons. The second-order valence-electron chi connectivity index (χ2n) is 20.7. The lowest BCUT2D eigenvalue weighted by Crippen LogP contribution is -2.52. The number of aromatic nitrogens is 6. The van der Waals surface area contributed by atoms with Crippen LogP contribution in [0.1, 0.15) is 110 Å². The molecule has 0 spiro atoms. The van der Waals surface area contributed by atoms with E-state index in [1.54, 1.807) is 42.1 Å². The molecule has 1 unspecified atom stereocenters. The standard InChI is InChI=1S/C55H59N11O9/c1-28(2)66-40-17-11-31(20-33(40)25-58-66)45-46-48-42(63(3)55(73)65(48)37-14-12-36(23-37)60-54(72)75-5)26-56-49(46)62-47(45)32-10-15-39(43(22-32)74-4)51(69)57-24-29-6-8-30(9-7-29)50(68)59-35-13-16-38-34(21-35)27-64(53(38)71)41-18-19-44(67)61-52(41)70/h10-11,13,15-17,20-22,25-26,28-30,36-37,41H,6-9,12,14,18-19,23-24,27H2,1-5H3,(H,56,62)(H,57,69)(H,59,68)(H,60,72)(H,61,67,70)/t29?,30?,36-,37-,41?/m1/s1. The lowest BCUT2D eigenvalue weighted by molar-refractivity contribution is -0.137. The lowest BCUT2D eigenvalue weighted by Gasteiger charge is -2.29. The van der Waals surface area contributed by atoms with Gasteiger partial charge >= 0.3 is 11.8 Å². The number of anilines is 1. The summed E-state index contributed by atoms with van der Waals surface area (Å²) in [6, 6.07) is 15.9. The predicted molar refractivity (Wildman–Crippen MR) is 279 cm³/mol. The highest BCUT2D eigenvalue weighted by molar-refractivity contribution is 6.15. The van der Waals surface area contributed by atoms with Crippen molar-refractivity contribution >= 4 is 74.3 Å². The van der Waals surface area contributed by atoms with E-state index in [0.717, 1.165) is 51.3 Å². The number of fused-ring (bicyclic) bond motifs is 5. The minimum atomic E-state index is -0.717. The van der Waals surface area contributed by atoms with E-state index >= 15 is 0 Å². The minimum Gasteiger partial charge on any atom is -0.496 e. The first kappa shape index (κ1) is 48.9. The number of imidazole rings is 1. The van der Waals surface area contributed by atoms with Gasteiger partial charge in [0.2, 0.25) is 17.7 Å². The number of imide groups is 1. The molecule has 4 aromatic heterocycles. The summed E-state index contributed by atoms with van der Waals surface area (Å²) in [5, 5.41) is 17.8. The zero-order valence-electron chi connectivity index (χ0n) is 42.5. The molecule has 3 fully saturated rings. The number of ether oxygens (including phenoxy) is 2. The average molecular weight is 1020 g/mol. The van der Waals surface area contributed by atoms with Crippen molar-refractivity contribution in [2.45, 2.75) is 102 Å². The van der Waals surface area contributed by atoms with Gasteiger partial charge < -0.3 is 35.3 Å². The first-order valence-corrected chi connectivity index (χ1v) is 25.7. The summed E-state index contributed by atoms with van der Waals surface area (Å²) in [6.45, 7) is 4.81. The maximum Gasteiger partial charge on any atom is 0.407 e. The van der Waals surface area contributed by atoms with Crippen molar-refractivity contribution in [1.29, 1.82) is 0 Å².